The van der Waals surface area contributed by atoms with E-state index in [-0.39, 0.29) is 0 Å². The molecule has 3 heteroatoms. The van der Waals surface area contributed by atoms with Gasteiger partial charge in [-0.25, -0.2) is 0 Å². The van der Waals surface area contributed by atoms with Crippen molar-refractivity contribution in [2.45, 2.75) is 45.6 Å². The van der Waals surface area contributed by atoms with E-state index in [9.17, 15) is 0 Å². The maximum Gasteiger partial charge on any atom is 0.133 e. The fourth-order valence-corrected chi connectivity index (χ4v) is 4.64. The topological polar surface area (TPSA) is 21.3 Å². The summed E-state index contributed by atoms with van der Waals surface area (Å²) in [4.78, 5) is 0. The average Bonchev–Trinajstić information content (AvgIpc) is 2.94. The average molecular weight is 352 g/mol. The van der Waals surface area contributed by atoms with E-state index in [1.165, 1.54) is 31.2 Å². The van der Waals surface area contributed by atoms with Crippen molar-refractivity contribution >= 4 is 15.9 Å². The maximum absolute atomic E-state index is 5.64. The van der Waals surface area contributed by atoms with Gasteiger partial charge in [0.15, 0.2) is 0 Å². The molecule has 0 saturated heterocycles. The molecule has 1 N–H and O–H groups in total. The van der Waals surface area contributed by atoms with Crippen molar-refractivity contribution in [3.05, 3.63) is 28.2 Å². The first-order chi connectivity index (χ1) is 10.3. The lowest BCUT2D eigenvalue weighted by molar-refractivity contribution is 0.337. The van der Waals surface area contributed by atoms with Crippen LogP contribution in [0.4, 0.5) is 0 Å². The monoisotopic (exact) mass is 351 g/mol. The van der Waals surface area contributed by atoms with Crippen LogP contribution in [0.5, 0.6) is 5.75 Å². The normalized spacial score (nSPS) is 28.2. The summed E-state index contributed by atoms with van der Waals surface area (Å²) in [6, 6.07) is 7.14. The highest BCUT2D eigenvalue weighted by atomic mass is 79.9. The number of benzene rings is 1. The quantitative estimate of drug-likeness (QED) is 0.751. The number of rotatable bonds is 7. The van der Waals surface area contributed by atoms with Crippen LogP contribution in [0, 0.1) is 17.8 Å². The van der Waals surface area contributed by atoms with Crippen molar-refractivity contribution in [1.29, 1.82) is 0 Å². The molecule has 2 nitrogen and oxygen atoms in total. The summed E-state index contributed by atoms with van der Waals surface area (Å²) >= 11 is 3.66. The van der Waals surface area contributed by atoms with E-state index in [2.05, 4.69) is 46.4 Å². The molecule has 3 atom stereocenters. The van der Waals surface area contributed by atoms with Crippen LogP contribution in [0.25, 0.3) is 0 Å². The summed E-state index contributed by atoms with van der Waals surface area (Å²) in [7, 11) is 0. The number of hydrogen-bond acceptors (Lipinski definition) is 2. The van der Waals surface area contributed by atoms with Gasteiger partial charge in [-0.1, -0.05) is 19.4 Å². The van der Waals surface area contributed by atoms with Crippen molar-refractivity contribution in [2.24, 2.45) is 17.8 Å². The van der Waals surface area contributed by atoms with Gasteiger partial charge in [0, 0.05) is 6.04 Å². The highest BCUT2D eigenvalue weighted by molar-refractivity contribution is 9.10. The Bertz CT molecular complexity index is 480. The molecule has 0 heterocycles. The van der Waals surface area contributed by atoms with Crippen LogP contribution in [0.3, 0.4) is 0 Å². The van der Waals surface area contributed by atoms with Crippen molar-refractivity contribution in [3.8, 4) is 5.75 Å². The number of hydrogen-bond donors (Lipinski definition) is 1. The first-order valence-electron chi connectivity index (χ1n) is 8.41. The second-order valence-electron chi connectivity index (χ2n) is 6.39. The number of ether oxygens (including phenoxy) is 1. The Kier molecular flexibility index (Phi) is 4.90. The first kappa shape index (κ1) is 15.4. The Hall–Kier alpha value is -0.540. The van der Waals surface area contributed by atoms with Crippen molar-refractivity contribution in [2.75, 3.05) is 13.2 Å². The summed E-state index contributed by atoms with van der Waals surface area (Å²) in [6.07, 6.45) is 5.52. The summed E-state index contributed by atoms with van der Waals surface area (Å²) in [5.74, 6) is 3.76. The minimum atomic E-state index is 0.521. The van der Waals surface area contributed by atoms with Gasteiger partial charge in [0.1, 0.15) is 5.75 Å². The molecular weight excluding hydrogens is 326 g/mol. The molecule has 1 aromatic rings. The molecule has 0 bridgehead atoms. The molecule has 0 aromatic heterocycles. The van der Waals surface area contributed by atoms with Gasteiger partial charge in [-0.3, -0.25) is 0 Å². The zero-order valence-electron chi connectivity index (χ0n) is 13.1. The molecule has 2 aliphatic rings. The van der Waals surface area contributed by atoms with E-state index in [0.717, 1.165) is 34.5 Å². The second kappa shape index (κ2) is 6.70. The fourth-order valence-electron chi connectivity index (χ4n) is 4.13. The van der Waals surface area contributed by atoms with E-state index in [1.54, 1.807) is 0 Å². The predicted octanol–water partition coefficient (Wildman–Crippen LogP) is 4.93. The van der Waals surface area contributed by atoms with Crippen LogP contribution >= 0.6 is 15.9 Å². The third kappa shape index (κ3) is 3.14. The Morgan fingerprint density at radius 2 is 2.05 bits per heavy atom. The molecule has 21 heavy (non-hydrogen) atoms. The summed E-state index contributed by atoms with van der Waals surface area (Å²) in [5.41, 5.74) is 1.41. The van der Waals surface area contributed by atoms with Gasteiger partial charge in [-0.2, -0.15) is 0 Å². The Morgan fingerprint density at radius 1 is 1.29 bits per heavy atom. The Labute approximate surface area is 136 Å². The molecule has 1 aromatic carbocycles. The van der Waals surface area contributed by atoms with Crippen molar-refractivity contribution in [3.63, 3.8) is 0 Å². The predicted molar refractivity (Wildman–Crippen MR) is 90.7 cm³/mol. The van der Waals surface area contributed by atoms with Crippen LogP contribution < -0.4 is 10.1 Å². The summed E-state index contributed by atoms with van der Waals surface area (Å²) in [6.45, 7) is 6.08. The second-order valence-corrected chi connectivity index (χ2v) is 7.24. The SMILES string of the molecule is CCCNC(c1ccc(OCC)c(Br)c1)C1C2CCCC21. The molecule has 3 rings (SSSR count). The molecule has 2 fully saturated rings. The van der Waals surface area contributed by atoms with Gasteiger partial charge >= 0.3 is 0 Å². The zero-order chi connectivity index (χ0) is 14.8. The van der Waals surface area contributed by atoms with Gasteiger partial charge in [0.05, 0.1) is 11.1 Å². The molecule has 2 saturated carbocycles. The molecule has 0 radical (unpaired) electrons. The van der Waals surface area contributed by atoms with E-state index >= 15 is 0 Å². The van der Waals surface area contributed by atoms with Crippen LogP contribution in [0.1, 0.15) is 51.1 Å². The lowest BCUT2D eigenvalue weighted by atomic mass is 9.96. The minimum absolute atomic E-state index is 0.521. The fraction of sp³-hybridized carbons (Fsp3) is 0.667. The lowest BCUT2D eigenvalue weighted by Gasteiger charge is -2.22. The molecular formula is C18H26BrNO. The van der Waals surface area contributed by atoms with Crippen LogP contribution in [0.15, 0.2) is 22.7 Å². The zero-order valence-corrected chi connectivity index (χ0v) is 14.7. The molecule has 0 aliphatic heterocycles. The standard InChI is InChI=1S/C18H26BrNO/c1-3-10-20-18(17-13-6-5-7-14(13)17)12-8-9-16(21-4-2)15(19)11-12/h8-9,11,13-14,17-18,20H,3-7,10H2,1-2H3. The van der Waals surface area contributed by atoms with Gasteiger partial charge in [-0.15, -0.1) is 0 Å². The number of nitrogens with one attached hydrogen (secondary N) is 1. The van der Waals surface area contributed by atoms with E-state index < -0.39 is 0 Å². The van der Waals surface area contributed by atoms with E-state index in [0.29, 0.717) is 12.6 Å². The van der Waals surface area contributed by atoms with Crippen LogP contribution in [-0.2, 0) is 0 Å². The summed E-state index contributed by atoms with van der Waals surface area (Å²) < 4.78 is 6.72. The van der Waals surface area contributed by atoms with Gasteiger partial charge in [-0.05, 0) is 84.1 Å². The Morgan fingerprint density at radius 3 is 2.67 bits per heavy atom. The molecule has 116 valence electrons. The van der Waals surface area contributed by atoms with Gasteiger partial charge in [0.2, 0.25) is 0 Å². The van der Waals surface area contributed by atoms with Crippen LogP contribution in [0.2, 0.25) is 0 Å². The van der Waals surface area contributed by atoms with E-state index in [4.69, 9.17) is 4.74 Å². The van der Waals surface area contributed by atoms with E-state index in [1.807, 2.05) is 6.92 Å². The highest BCUT2D eigenvalue weighted by Crippen LogP contribution is 2.62. The molecule has 2 aliphatic carbocycles. The van der Waals surface area contributed by atoms with Gasteiger partial charge in [0.25, 0.3) is 0 Å². The largest absolute Gasteiger partial charge is 0.493 e. The van der Waals surface area contributed by atoms with Crippen LogP contribution in [-0.4, -0.2) is 13.2 Å². The highest BCUT2D eigenvalue weighted by Gasteiger charge is 2.55. The number of fused-ring (bicyclic) bond motifs is 1. The smallest absolute Gasteiger partial charge is 0.133 e. The molecule has 3 unspecified atom stereocenters. The molecule has 0 amide bonds. The first-order valence-corrected chi connectivity index (χ1v) is 9.21. The van der Waals surface area contributed by atoms with Crippen molar-refractivity contribution < 1.29 is 4.74 Å². The minimum Gasteiger partial charge on any atom is -0.493 e. The number of halogens is 1. The maximum atomic E-state index is 5.64. The summed E-state index contributed by atoms with van der Waals surface area (Å²) in [5, 5.41) is 3.79. The van der Waals surface area contributed by atoms with Crippen molar-refractivity contribution in [1.82, 2.24) is 5.32 Å². The lowest BCUT2D eigenvalue weighted by Crippen LogP contribution is -2.25. The third-order valence-electron chi connectivity index (χ3n) is 5.09. The Balaban J connectivity index is 1.77. The third-order valence-corrected chi connectivity index (χ3v) is 5.71. The van der Waals surface area contributed by atoms with Gasteiger partial charge < -0.3 is 10.1 Å². The molecule has 0 spiro atoms.